The topological polar surface area (TPSA) is 47.6 Å². The summed E-state index contributed by atoms with van der Waals surface area (Å²) in [7, 11) is 1.65. The van der Waals surface area contributed by atoms with Crippen LogP contribution in [0.1, 0.15) is 47.0 Å². The lowest BCUT2D eigenvalue weighted by molar-refractivity contribution is 0.0801. The molecule has 0 saturated heterocycles. The Bertz CT molecular complexity index is 331. The van der Waals surface area contributed by atoms with Crippen LogP contribution in [0.5, 0.6) is 0 Å². The van der Waals surface area contributed by atoms with Crippen LogP contribution in [-0.4, -0.2) is 32.5 Å². The highest BCUT2D eigenvalue weighted by molar-refractivity contribution is 5.67. The number of alkyl carbamates (subject to hydrolysis) is 1. The summed E-state index contributed by atoms with van der Waals surface area (Å²) in [5.41, 5.74) is 2.61. The standard InChI is InChI=1S/C16H29NO3/c1-13(2)7-6-8-14(3)9-11-17-16(18)20-12-10-15(4)19-5/h7,9,15H,6,8,10-12H2,1-5H3,(H,17,18)/b14-9-. The van der Waals surface area contributed by atoms with Gasteiger partial charge in [0.05, 0.1) is 12.7 Å². The molecule has 0 saturated carbocycles. The van der Waals surface area contributed by atoms with Gasteiger partial charge in [0.1, 0.15) is 0 Å². The lowest BCUT2D eigenvalue weighted by Gasteiger charge is -2.09. The van der Waals surface area contributed by atoms with E-state index in [0.29, 0.717) is 19.6 Å². The molecule has 1 atom stereocenters. The molecule has 0 fully saturated rings. The second-order valence-corrected chi connectivity index (χ2v) is 5.22. The second-order valence-electron chi connectivity index (χ2n) is 5.22. The molecule has 0 spiro atoms. The van der Waals surface area contributed by atoms with E-state index in [1.807, 2.05) is 13.0 Å². The zero-order chi connectivity index (χ0) is 15.4. The van der Waals surface area contributed by atoms with E-state index in [1.54, 1.807) is 7.11 Å². The molecule has 0 bridgehead atoms. The quantitative estimate of drug-likeness (QED) is 0.654. The van der Waals surface area contributed by atoms with Crippen molar-refractivity contribution < 1.29 is 14.3 Å². The summed E-state index contributed by atoms with van der Waals surface area (Å²) in [6.07, 6.45) is 6.76. The second kappa shape index (κ2) is 11.5. The largest absolute Gasteiger partial charge is 0.449 e. The molecule has 0 aliphatic carbocycles. The van der Waals surface area contributed by atoms with Crippen molar-refractivity contribution in [3.05, 3.63) is 23.3 Å². The van der Waals surface area contributed by atoms with Crippen LogP contribution < -0.4 is 5.32 Å². The molecule has 20 heavy (non-hydrogen) atoms. The van der Waals surface area contributed by atoms with Gasteiger partial charge >= 0.3 is 6.09 Å². The molecule has 116 valence electrons. The molecule has 1 unspecified atom stereocenters. The molecule has 0 aliphatic heterocycles. The third-order valence-corrected chi connectivity index (χ3v) is 2.95. The number of carbonyl (C=O) groups excluding carboxylic acids is 1. The smallest absolute Gasteiger partial charge is 0.407 e. The first-order valence-electron chi connectivity index (χ1n) is 7.18. The first-order valence-corrected chi connectivity index (χ1v) is 7.18. The zero-order valence-corrected chi connectivity index (χ0v) is 13.5. The molecular formula is C16H29NO3. The van der Waals surface area contributed by atoms with Gasteiger partial charge in [-0.05, 0) is 40.5 Å². The Labute approximate surface area is 123 Å². The average Bonchev–Trinajstić information content (AvgIpc) is 2.38. The normalized spacial score (nSPS) is 12.8. The Hall–Kier alpha value is -1.29. The van der Waals surface area contributed by atoms with E-state index in [-0.39, 0.29) is 12.2 Å². The zero-order valence-electron chi connectivity index (χ0n) is 13.5. The Morgan fingerprint density at radius 3 is 2.55 bits per heavy atom. The van der Waals surface area contributed by atoms with E-state index >= 15 is 0 Å². The molecule has 4 heteroatoms. The average molecular weight is 283 g/mol. The van der Waals surface area contributed by atoms with Crippen molar-refractivity contribution >= 4 is 6.09 Å². The van der Waals surface area contributed by atoms with Crippen LogP contribution in [0.2, 0.25) is 0 Å². The van der Waals surface area contributed by atoms with Crippen molar-refractivity contribution in [2.45, 2.75) is 53.1 Å². The molecule has 0 aromatic rings. The van der Waals surface area contributed by atoms with Gasteiger partial charge in [-0.15, -0.1) is 0 Å². The van der Waals surface area contributed by atoms with Crippen molar-refractivity contribution in [2.24, 2.45) is 0 Å². The van der Waals surface area contributed by atoms with E-state index < -0.39 is 0 Å². The van der Waals surface area contributed by atoms with Crippen molar-refractivity contribution in [3.63, 3.8) is 0 Å². The summed E-state index contributed by atoms with van der Waals surface area (Å²) in [6.45, 7) is 9.11. The Balaban J connectivity index is 3.70. The maximum atomic E-state index is 11.4. The monoisotopic (exact) mass is 283 g/mol. The fourth-order valence-corrected chi connectivity index (χ4v) is 1.49. The van der Waals surface area contributed by atoms with Crippen LogP contribution in [0, 0.1) is 0 Å². The summed E-state index contributed by atoms with van der Waals surface area (Å²) >= 11 is 0. The SMILES string of the molecule is COC(C)CCOC(=O)NC/C=C(/C)CCC=C(C)C. The molecule has 4 nitrogen and oxygen atoms in total. The van der Waals surface area contributed by atoms with Crippen LogP contribution in [0.25, 0.3) is 0 Å². The van der Waals surface area contributed by atoms with Crippen molar-refractivity contribution in [1.82, 2.24) is 5.32 Å². The highest BCUT2D eigenvalue weighted by Crippen LogP contribution is 2.05. The lowest BCUT2D eigenvalue weighted by atomic mass is 10.1. The molecule has 0 aliphatic rings. The predicted octanol–water partition coefficient (Wildman–Crippen LogP) is 3.83. The number of nitrogens with one attached hydrogen (secondary N) is 1. The number of rotatable bonds is 9. The molecule has 0 aromatic carbocycles. The minimum Gasteiger partial charge on any atom is -0.449 e. The van der Waals surface area contributed by atoms with Gasteiger partial charge < -0.3 is 14.8 Å². The van der Waals surface area contributed by atoms with Gasteiger partial charge in [0.15, 0.2) is 0 Å². The molecule has 0 rings (SSSR count). The molecule has 1 N–H and O–H groups in total. The molecule has 0 aromatic heterocycles. The van der Waals surface area contributed by atoms with Crippen molar-refractivity contribution in [3.8, 4) is 0 Å². The van der Waals surface area contributed by atoms with Crippen LogP contribution in [0.15, 0.2) is 23.3 Å². The minimum absolute atomic E-state index is 0.111. The minimum atomic E-state index is -0.373. The Morgan fingerprint density at radius 2 is 1.95 bits per heavy atom. The predicted molar refractivity (Wildman–Crippen MR) is 82.9 cm³/mol. The van der Waals surface area contributed by atoms with E-state index in [9.17, 15) is 4.79 Å². The van der Waals surface area contributed by atoms with Gasteiger partial charge in [0.25, 0.3) is 0 Å². The summed E-state index contributed by atoms with van der Waals surface area (Å²) in [4.78, 5) is 11.4. The van der Waals surface area contributed by atoms with E-state index in [4.69, 9.17) is 9.47 Å². The van der Waals surface area contributed by atoms with Crippen molar-refractivity contribution in [2.75, 3.05) is 20.3 Å². The van der Waals surface area contributed by atoms with Gasteiger partial charge in [-0.1, -0.05) is 23.3 Å². The maximum Gasteiger partial charge on any atom is 0.407 e. The Morgan fingerprint density at radius 1 is 1.25 bits per heavy atom. The summed E-state index contributed by atoms with van der Waals surface area (Å²) in [5.74, 6) is 0. The van der Waals surface area contributed by atoms with Crippen molar-refractivity contribution in [1.29, 1.82) is 0 Å². The Kier molecular flexibility index (Phi) is 10.8. The third kappa shape index (κ3) is 11.8. The first kappa shape index (κ1) is 18.7. The molecule has 1 amide bonds. The van der Waals surface area contributed by atoms with Gasteiger partial charge in [-0.25, -0.2) is 4.79 Å². The van der Waals surface area contributed by atoms with Crippen LogP contribution in [0.4, 0.5) is 4.79 Å². The van der Waals surface area contributed by atoms with Gasteiger partial charge in [-0.2, -0.15) is 0 Å². The van der Waals surface area contributed by atoms with E-state index in [0.717, 1.165) is 12.8 Å². The molecule has 0 radical (unpaired) electrons. The first-order chi connectivity index (χ1) is 9.45. The highest BCUT2D eigenvalue weighted by atomic mass is 16.5. The highest BCUT2D eigenvalue weighted by Gasteiger charge is 2.03. The van der Waals surface area contributed by atoms with Gasteiger partial charge in [-0.3, -0.25) is 0 Å². The lowest BCUT2D eigenvalue weighted by Crippen LogP contribution is -2.25. The number of hydrogen-bond acceptors (Lipinski definition) is 3. The summed E-state index contributed by atoms with van der Waals surface area (Å²) in [6, 6.07) is 0. The summed E-state index contributed by atoms with van der Waals surface area (Å²) < 4.78 is 10.1. The fourth-order valence-electron chi connectivity index (χ4n) is 1.49. The molecule has 0 heterocycles. The van der Waals surface area contributed by atoms with Gasteiger partial charge in [0, 0.05) is 20.1 Å². The number of methoxy groups -OCH3 is 1. The maximum absolute atomic E-state index is 11.4. The van der Waals surface area contributed by atoms with Crippen LogP contribution >= 0.6 is 0 Å². The number of amides is 1. The van der Waals surface area contributed by atoms with Crippen LogP contribution in [-0.2, 0) is 9.47 Å². The third-order valence-electron chi connectivity index (χ3n) is 2.95. The number of ether oxygens (including phenoxy) is 2. The number of hydrogen-bond donors (Lipinski definition) is 1. The summed E-state index contributed by atoms with van der Waals surface area (Å²) in [5, 5.41) is 2.71. The van der Waals surface area contributed by atoms with Gasteiger partial charge in [0.2, 0.25) is 0 Å². The van der Waals surface area contributed by atoms with E-state index in [1.165, 1.54) is 11.1 Å². The number of carbonyl (C=O) groups is 1. The van der Waals surface area contributed by atoms with E-state index in [2.05, 4.69) is 32.2 Å². The number of allylic oxidation sites excluding steroid dienone is 3. The molecular weight excluding hydrogens is 254 g/mol. The fraction of sp³-hybridized carbons (Fsp3) is 0.688. The van der Waals surface area contributed by atoms with Crippen LogP contribution in [0.3, 0.4) is 0 Å².